The summed E-state index contributed by atoms with van der Waals surface area (Å²) in [5.74, 6) is 0.674. The normalized spacial score (nSPS) is 28.2. The van der Waals surface area contributed by atoms with Crippen molar-refractivity contribution in [3.8, 4) is 11.5 Å². The van der Waals surface area contributed by atoms with Crippen molar-refractivity contribution < 1.29 is 32.2 Å². The average Bonchev–Trinajstić information content (AvgIpc) is 3.33. The summed E-state index contributed by atoms with van der Waals surface area (Å²) < 4.78 is 44.2. The lowest BCUT2D eigenvalue weighted by Crippen LogP contribution is -2.49. The van der Waals surface area contributed by atoms with Gasteiger partial charge in [-0.3, -0.25) is 9.59 Å². The minimum atomic E-state index is -3.96. The van der Waals surface area contributed by atoms with Gasteiger partial charge in [0.15, 0.2) is 17.6 Å². The van der Waals surface area contributed by atoms with Crippen LogP contribution in [0, 0.1) is 11.8 Å². The van der Waals surface area contributed by atoms with Crippen molar-refractivity contribution in [3.63, 3.8) is 0 Å². The van der Waals surface area contributed by atoms with E-state index >= 15 is 0 Å². The van der Waals surface area contributed by atoms with Crippen LogP contribution in [0.15, 0.2) is 23.1 Å². The molecule has 2 fully saturated rings. The number of fused-ring (bicyclic) bond motifs is 1. The van der Waals surface area contributed by atoms with Crippen molar-refractivity contribution in [2.24, 2.45) is 11.8 Å². The van der Waals surface area contributed by atoms with Gasteiger partial charge in [0, 0.05) is 18.7 Å². The van der Waals surface area contributed by atoms with Crippen LogP contribution in [0.5, 0.6) is 11.5 Å². The van der Waals surface area contributed by atoms with Crippen molar-refractivity contribution in [2.45, 2.75) is 76.0 Å². The van der Waals surface area contributed by atoms with Gasteiger partial charge >= 0.3 is 5.97 Å². The summed E-state index contributed by atoms with van der Waals surface area (Å²) in [6, 6.07) is 3.52. The van der Waals surface area contributed by atoms with E-state index in [0.29, 0.717) is 49.4 Å². The van der Waals surface area contributed by atoms with E-state index in [9.17, 15) is 18.0 Å². The fourth-order valence-corrected chi connectivity index (χ4v) is 6.64. The largest absolute Gasteiger partial charge is 0.486 e. The summed E-state index contributed by atoms with van der Waals surface area (Å²) in [4.78, 5) is 25.7. The zero-order valence-corrected chi connectivity index (χ0v) is 20.8. The van der Waals surface area contributed by atoms with Crippen molar-refractivity contribution in [3.05, 3.63) is 18.2 Å². The molecule has 10 heteroatoms. The highest BCUT2D eigenvalue weighted by molar-refractivity contribution is 7.89. The Morgan fingerprint density at radius 3 is 2.59 bits per heavy atom. The lowest BCUT2D eigenvalue weighted by Gasteiger charge is -2.35. The second-order valence-corrected chi connectivity index (χ2v) is 11.4. The van der Waals surface area contributed by atoms with Crippen LogP contribution >= 0.6 is 0 Å². The van der Waals surface area contributed by atoms with Gasteiger partial charge in [-0.2, -0.15) is 4.31 Å². The number of amides is 1. The Morgan fingerprint density at radius 2 is 1.82 bits per heavy atom. The van der Waals surface area contributed by atoms with Gasteiger partial charge in [-0.05, 0) is 50.2 Å². The number of carbonyl (C=O) groups excluding carboxylic acids is 2. The van der Waals surface area contributed by atoms with Gasteiger partial charge in [0.1, 0.15) is 19.3 Å². The van der Waals surface area contributed by atoms with E-state index in [4.69, 9.17) is 14.2 Å². The minimum absolute atomic E-state index is 0.0302. The molecule has 34 heavy (non-hydrogen) atoms. The Kier molecular flexibility index (Phi) is 7.37. The van der Waals surface area contributed by atoms with E-state index in [-0.39, 0.29) is 23.4 Å². The number of hydrogen-bond donors (Lipinski definition) is 1. The SMILES string of the molecule is C[C@H]1[C@H](C)CCC[C@H]1NC(=O)[C@H](C)OC(=O)[C@@H]1CCCN1S(=O)(=O)c1ccc2c(c1)OCCO2. The van der Waals surface area contributed by atoms with Crippen LogP contribution < -0.4 is 14.8 Å². The minimum Gasteiger partial charge on any atom is -0.486 e. The molecule has 1 saturated carbocycles. The van der Waals surface area contributed by atoms with Crippen LogP contribution in [0.25, 0.3) is 0 Å². The van der Waals surface area contributed by atoms with Gasteiger partial charge in [0.05, 0.1) is 4.90 Å². The van der Waals surface area contributed by atoms with Gasteiger partial charge in [0.2, 0.25) is 10.0 Å². The number of rotatable bonds is 6. The molecule has 1 saturated heterocycles. The first-order chi connectivity index (χ1) is 16.2. The first-order valence-corrected chi connectivity index (χ1v) is 13.5. The number of ether oxygens (including phenoxy) is 3. The maximum absolute atomic E-state index is 13.3. The molecular formula is C24H34N2O7S. The Bertz CT molecular complexity index is 1030. The molecule has 0 bridgehead atoms. The number of hydrogen-bond acceptors (Lipinski definition) is 7. The summed E-state index contributed by atoms with van der Waals surface area (Å²) in [6.07, 6.45) is 2.97. The van der Waals surface area contributed by atoms with Crippen molar-refractivity contribution in [1.82, 2.24) is 9.62 Å². The molecule has 0 aromatic heterocycles. The lowest BCUT2D eigenvalue weighted by molar-refractivity contribution is -0.158. The molecule has 0 radical (unpaired) electrons. The number of benzene rings is 1. The summed E-state index contributed by atoms with van der Waals surface area (Å²) >= 11 is 0. The third-order valence-corrected chi connectivity index (χ3v) is 9.20. The first kappa shape index (κ1) is 24.8. The average molecular weight is 495 g/mol. The van der Waals surface area contributed by atoms with E-state index < -0.39 is 28.1 Å². The van der Waals surface area contributed by atoms with E-state index in [1.54, 1.807) is 6.07 Å². The highest BCUT2D eigenvalue weighted by Gasteiger charge is 2.42. The predicted octanol–water partition coefficient (Wildman–Crippen LogP) is 2.48. The second kappa shape index (κ2) is 10.1. The quantitative estimate of drug-likeness (QED) is 0.605. The molecule has 1 N–H and O–H groups in total. The number of sulfonamides is 1. The molecule has 1 amide bonds. The maximum atomic E-state index is 13.3. The second-order valence-electron chi connectivity index (χ2n) is 9.54. The lowest BCUT2D eigenvalue weighted by atomic mass is 9.78. The number of nitrogens with one attached hydrogen (secondary N) is 1. The Hall–Kier alpha value is -2.33. The molecule has 5 atom stereocenters. The summed E-state index contributed by atoms with van der Waals surface area (Å²) in [5, 5.41) is 3.02. The Balaban J connectivity index is 1.41. The molecule has 1 aromatic carbocycles. The van der Waals surface area contributed by atoms with Crippen molar-refractivity contribution in [1.29, 1.82) is 0 Å². The molecule has 0 spiro atoms. The van der Waals surface area contributed by atoms with Crippen molar-refractivity contribution in [2.75, 3.05) is 19.8 Å². The monoisotopic (exact) mass is 494 g/mol. The zero-order valence-electron chi connectivity index (χ0n) is 20.0. The third-order valence-electron chi connectivity index (χ3n) is 7.29. The van der Waals surface area contributed by atoms with Gasteiger partial charge in [-0.1, -0.05) is 26.7 Å². The summed E-state index contributed by atoms with van der Waals surface area (Å²) in [7, 11) is -3.96. The fraction of sp³-hybridized carbons (Fsp3) is 0.667. The van der Waals surface area contributed by atoms with Crippen LogP contribution in [0.4, 0.5) is 0 Å². The van der Waals surface area contributed by atoms with Crippen LogP contribution in [0.3, 0.4) is 0 Å². The Morgan fingerprint density at radius 1 is 1.09 bits per heavy atom. The van der Waals surface area contributed by atoms with E-state index in [0.717, 1.165) is 23.6 Å². The topological polar surface area (TPSA) is 111 Å². The molecule has 9 nitrogen and oxygen atoms in total. The van der Waals surface area contributed by atoms with Gasteiger partial charge in [-0.15, -0.1) is 0 Å². The molecular weight excluding hydrogens is 460 g/mol. The van der Waals surface area contributed by atoms with Crippen LogP contribution in [0.2, 0.25) is 0 Å². The zero-order chi connectivity index (χ0) is 24.5. The number of nitrogens with zero attached hydrogens (tertiary/aromatic N) is 1. The highest BCUT2D eigenvalue weighted by atomic mass is 32.2. The summed E-state index contributed by atoms with van der Waals surface area (Å²) in [6.45, 7) is 6.79. The highest BCUT2D eigenvalue weighted by Crippen LogP contribution is 2.35. The van der Waals surface area contributed by atoms with E-state index in [2.05, 4.69) is 19.2 Å². The van der Waals surface area contributed by atoms with Crippen LogP contribution in [-0.4, -0.2) is 62.5 Å². The summed E-state index contributed by atoms with van der Waals surface area (Å²) in [5.41, 5.74) is 0. The van der Waals surface area contributed by atoms with E-state index in [1.807, 2.05) is 0 Å². The molecule has 0 unspecified atom stereocenters. The van der Waals surface area contributed by atoms with E-state index in [1.165, 1.54) is 19.1 Å². The molecule has 2 heterocycles. The third kappa shape index (κ3) is 5.02. The fourth-order valence-electron chi connectivity index (χ4n) is 4.98. The van der Waals surface area contributed by atoms with Gasteiger partial charge in [0.25, 0.3) is 5.91 Å². The molecule has 3 aliphatic rings. The smallest absolute Gasteiger partial charge is 0.325 e. The van der Waals surface area contributed by atoms with Gasteiger partial charge < -0.3 is 19.5 Å². The number of esters is 1. The van der Waals surface area contributed by atoms with Gasteiger partial charge in [-0.25, -0.2) is 8.42 Å². The predicted molar refractivity (Wildman–Crippen MR) is 124 cm³/mol. The molecule has 1 aliphatic carbocycles. The molecule has 4 rings (SSSR count). The molecule has 188 valence electrons. The Labute approximate surface area is 201 Å². The van der Waals surface area contributed by atoms with Crippen LogP contribution in [0.1, 0.15) is 52.9 Å². The van der Waals surface area contributed by atoms with Crippen LogP contribution in [-0.2, 0) is 24.3 Å². The number of carbonyl (C=O) groups is 2. The first-order valence-electron chi connectivity index (χ1n) is 12.1. The molecule has 1 aromatic rings. The maximum Gasteiger partial charge on any atom is 0.325 e. The standard InChI is InChI=1S/C24H34N2O7S/c1-15-6-4-7-19(16(15)2)25-23(27)17(3)33-24(28)20-8-5-11-26(20)34(29,30)18-9-10-21-22(14-18)32-13-12-31-21/h9-10,14-17,19-20H,4-8,11-13H2,1-3H3,(H,25,27)/t15-,16+,17+,19-,20+/m1/s1. The van der Waals surface area contributed by atoms with Crippen molar-refractivity contribution >= 4 is 21.9 Å². The molecule has 2 aliphatic heterocycles.